The van der Waals surface area contributed by atoms with Gasteiger partial charge in [0.2, 0.25) is 0 Å². The number of furan rings is 1. The minimum absolute atomic E-state index is 0.626. The van der Waals surface area contributed by atoms with Crippen LogP contribution in [0.1, 0.15) is 5.56 Å². The Bertz CT molecular complexity index is 672. The van der Waals surface area contributed by atoms with Crippen LogP contribution in [0.15, 0.2) is 47.2 Å². The molecule has 0 aliphatic heterocycles. The third kappa shape index (κ3) is 1.21. The highest BCUT2D eigenvalue weighted by Gasteiger charge is 2.08. The molecule has 0 atom stereocenters. The lowest BCUT2D eigenvalue weighted by molar-refractivity contribution is 0.583. The quantitative estimate of drug-likeness (QED) is 0.667. The number of benzene rings is 1. The zero-order valence-corrected chi connectivity index (χ0v) is 8.40. The smallest absolute Gasteiger partial charge is 0.134 e. The van der Waals surface area contributed by atoms with E-state index in [2.05, 4.69) is 11.1 Å². The molecule has 0 spiro atoms. The van der Waals surface area contributed by atoms with Gasteiger partial charge in [0, 0.05) is 22.7 Å². The monoisotopic (exact) mass is 208 g/mol. The van der Waals surface area contributed by atoms with Crippen LogP contribution in [-0.2, 0) is 0 Å². The average molecular weight is 208 g/mol. The molecule has 3 nitrogen and oxygen atoms in total. The van der Waals surface area contributed by atoms with Gasteiger partial charge in [-0.15, -0.1) is 0 Å². The van der Waals surface area contributed by atoms with Crippen LogP contribution in [-0.4, -0.2) is 4.98 Å². The molecule has 0 saturated carbocycles. The SMILES string of the molecule is N#Cc1cc(-c2ccco2)c2cc[nH]c2c1. The molecular weight excluding hydrogens is 200 g/mol. The van der Waals surface area contributed by atoms with E-state index in [4.69, 9.17) is 9.68 Å². The average Bonchev–Trinajstić information content (AvgIpc) is 2.98. The maximum Gasteiger partial charge on any atom is 0.134 e. The zero-order valence-electron chi connectivity index (χ0n) is 8.40. The molecule has 0 saturated heterocycles. The highest BCUT2D eigenvalue weighted by atomic mass is 16.3. The summed E-state index contributed by atoms with van der Waals surface area (Å²) in [6.07, 6.45) is 3.49. The van der Waals surface area contributed by atoms with E-state index in [9.17, 15) is 0 Å². The Morgan fingerprint density at radius 1 is 1.25 bits per heavy atom. The standard InChI is InChI=1S/C13H8N2O/c14-8-9-6-11(13-2-1-5-16-13)10-3-4-15-12(10)7-9/h1-7,15H. The number of fused-ring (bicyclic) bond motifs is 1. The topological polar surface area (TPSA) is 52.7 Å². The van der Waals surface area contributed by atoms with Crippen LogP contribution >= 0.6 is 0 Å². The predicted molar refractivity (Wildman–Crippen MR) is 60.7 cm³/mol. The van der Waals surface area contributed by atoms with Crippen molar-refractivity contribution >= 4 is 10.9 Å². The van der Waals surface area contributed by atoms with Gasteiger partial charge >= 0.3 is 0 Å². The van der Waals surface area contributed by atoms with Gasteiger partial charge in [-0.25, -0.2) is 0 Å². The van der Waals surface area contributed by atoms with Crippen LogP contribution in [0, 0.1) is 11.3 Å². The van der Waals surface area contributed by atoms with Crippen molar-refractivity contribution in [3.05, 3.63) is 48.4 Å². The highest BCUT2D eigenvalue weighted by molar-refractivity contribution is 5.94. The van der Waals surface area contributed by atoms with Gasteiger partial charge in [-0.2, -0.15) is 5.26 Å². The number of nitriles is 1. The van der Waals surface area contributed by atoms with E-state index in [-0.39, 0.29) is 0 Å². The van der Waals surface area contributed by atoms with E-state index in [0.717, 1.165) is 22.2 Å². The van der Waals surface area contributed by atoms with Crippen molar-refractivity contribution in [1.82, 2.24) is 4.98 Å². The van der Waals surface area contributed by atoms with Crippen molar-refractivity contribution in [2.24, 2.45) is 0 Å². The molecular formula is C13H8N2O. The number of aromatic nitrogens is 1. The fourth-order valence-corrected chi connectivity index (χ4v) is 1.87. The largest absolute Gasteiger partial charge is 0.464 e. The number of hydrogen-bond donors (Lipinski definition) is 1. The van der Waals surface area contributed by atoms with Gasteiger partial charge in [0.25, 0.3) is 0 Å². The summed E-state index contributed by atoms with van der Waals surface area (Å²) in [6, 6.07) is 11.5. The van der Waals surface area contributed by atoms with E-state index in [0.29, 0.717) is 5.56 Å². The summed E-state index contributed by atoms with van der Waals surface area (Å²) in [5, 5.41) is 10.0. The minimum atomic E-state index is 0.626. The molecule has 3 rings (SSSR count). The Kier molecular flexibility index (Phi) is 1.81. The molecule has 0 unspecified atom stereocenters. The maximum atomic E-state index is 8.96. The van der Waals surface area contributed by atoms with Gasteiger partial charge in [-0.1, -0.05) is 0 Å². The lowest BCUT2D eigenvalue weighted by Gasteiger charge is -2.00. The lowest BCUT2D eigenvalue weighted by Crippen LogP contribution is -1.80. The van der Waals surface area contributed by atoms with Crippen LogP contribution in [0.2, 0.25) is 0 Å². The van der Waals surface area contributed by atoms with Gasteiger partial charge in [-0.05, 0) is 30.3 Å². The molecule has 3 aromatic rings. The summed E-state index contributed by atoms with van der Waals surface area (Å²) in [7, 11) is 0. The molecule has 0 aliphatic rings. The molecule has 3 heteroatoms. The van der Waals surface area contributed by atoms with Crippen LogP contribution < -0.4 is 0 Å². The van der Waals surface area contributed by atoms with Gasteiger partial charge < -0.3 is 9.40 Å². The van der Waals surface area contributed by atoms with Gasteiger partial charge in [0.1, 0.15) is 5.76 Å². The summed E-state index contributed by atoms with van der Waals surface area (Å²) in [4.78, 5) is 3.10. The predicted octanol–water partition coefficient (Wildman–Crippen LogP) is 3.30. The van der Waals surface area contributed by atoms with Gasteiger partial charge in [0.05, 0.1) is 17.9 Å². The second-order valence-electron chi connectivity index (χ2n) is 3.55. The molecule has 16 heavy (non-hydrogen) atoms. The number of aromatic amines is 1. The van der Waals surface area contributed by atoms with Crippen LogP contribution in [0.25, 0.3) is 22.2 Å². The molecule has 2 heterocycles. The van der Waals surface area contributed by atoms with E-state index < -0.39 is 0 Å². The summed E-state index contributed by atoms with van der Waals surface area (Å²) >= 11 is 0. The van der Waals surface area contributed by atoms with Crippen molar-refractivity contribution in [3.63, 3.8) is 0 Å². The number of rotatable bonds is 1. The first-order valence-corrected chi connectivity index (χ1v) is 4.93. The maximum absolute atomic E-state index is 8.96. The molecule has 2 aromatic heterocycles. The lowest BCUT2D eigenvalue weighted by atomic mass is 10.0. The summed E-state index contributed by atoms with van der Waals surface area (Å²) in [5.41, 5.74) is 2.52. The summed E-state index contributed by atoms with van der Waals surface area (Å²) in [5.74, 6) is 0.779. The van der Waals surface area contributed by atoms with Crippen molar-refractivity contribution in [1.29, 1.82) is 5.26 Å². The first-order chi connectivity index (χ1) is 7.88. The molecule has 76 valence electrons. The van der Waals surface area contributed by atoms with Crippen molar-refractivity contribution in [2.75, 3.05) is 0 Å². The highest BCUT2D eigenvalue weighted by Crippen LogP contribution is 2.29. The molecule has 0 fully saturated rings. The molecule has 0 aliphatic carbocycles. The van der Waals surface area contributed by atoms with Gasteiger partial charge in [0.15, 0.2) is 0 Å². The minimum Gasteiger partial charge on any atom is -0.464 e. The number of nitrogens with zero attached hydrogens (tertiary/aromatic N) is 1. The first-order valence-electron chi connectivity index (χ1n) is 4.93. The molecule has 1 N–H and O–H groups in total. The zero-order chi connectivity index (χ0) is 11.0. The fourth-order valence-electron chi connectivity index (χ4n) is 1.87. The van der Waals surface area contributed by atoms with Gasteiger partial charge in [-0.3, -0.25) is 0 Å². The number of H-pyrrole nitrogens is 1. The summed E-state index contributed by atoms with van der Waals surface area (Å²) < 4.78 is 5.37. The molecule has 0 amide bonds. The van der Waals surface area contributed by atoms with E-state index in [1.807, 2.05) is 36.5 Å². The Labute approximate surface area is 91.9 Å². The molecule has 0 radical (unpaired) electrons. The van der Waals surface area contributed by atoms with E-state index >= 15 is 0 Å². The van der Waals surface area contributed by atoms with Crippen LogP contribution in [0.4, 0.5) is 0 Å². The third-order valence-corrected chi connectivity index (χ3v) is 2.58. The second kappa shape index (κ2) is 3.28. The normalized spacial score (nSPS) is 10.4. The van der Waals surface area contributed by atoms with Crippen LogP contribution in [0.5, 0.6) is 0 Å². The Morgan fingerprint density at radius 3 is 2.94 bits per heavy atom. The van der Waals surface area contributed by atoms with Crippen LogP contribution in [0.3, 0.4) is 0 Å². The number of nitrogens with one attached hydrogen (secondary N) is 1. The first kappa shape index (κ1) is 8.81. The van der Waals surface area contributed by atoms with Crippen molar-refractivity contribution in [3.8, 4) is 17.4 Å². The Balaban J connectivity index is 2.38. The second-order valence-corrected chi connectivity index (χ2v) is 3.55. The Morgan fingerprint density at radius 2 is 2.19 bits per heavy atom. The van der Waals surface area contributed by atoms with Crippen molar-refractivity contribution < 1.29 is 4.42 Å². The molecule has 0 bridgehead atoms. The van der Waals surface area contributed by atoms with Crippen molar-refractivity contribution in [2.45, 2.75) is 0 Å². The van der Waals surface area contributed by atoms with E-state index in [1.54, 1.807) is 6.26 Å². The Hall–Kier alpha value is -2.47. The fraction of sp³-hybridized carbons (Fsp3) is 0. The molecule has 1 aromatic carbocycles. The number of hydrogen-bond acceptors (Lipinski definition) is 2. The van der Waals surface area contributed by atoms with E-state index in [1.165, 1.54) is 0 Å². The summed E-state index contributed by atoms with van der Waals surface area (Å²) in [6.45, 7) is 0. The third-order valence-electron chi connectivity index (χ3n) is 2.58.